The third-order valence-electron chi connectivity index (χ3n) is 4.62. The van der Waals surface area contributed by atoms with Gasteiger partial charge in [0, 0.05) is 16.6 Å². The number of halogens is 1. The molecule has 0 amide bonds. The minimum Gasteiger partial charge on any atom is -0.355 e. The SMILES string of the molecule is C1CCNC1.C=C(C)c1[nH]c2cc(-c3ccc(F)cc3)ccc2c1C.CC.CC.CC.CN. The standard InChI is InChI=1S/C18H16FN.C4H9N.3C2H6.CH5N/c1-11(2)18-12(3)16-9-6-14(10-17(16)20-18)13-4-7-15(19)8-5-13;1-2-4-5-3-1;4*1-2/h4-10,20H,1H2,2-3H3;5H,1-4H2;3*1-2H3;2H2,1H3. The van der Waals surface area contributed by atoms with Gasteiger partial charge < -0.3 is 16.0 Å². The first-order valence-electron chi connectivity index (χ1n) is 12.4. The summed E-state index contributed by atoms with van der Waals surface area (Å²) in [6, 6.07) is 12.8. The fraction of sp³-hybridized carbons (Fsp3) is 0.448. The molecular formula is C29H48FN3. The first-order chi connectivity index (χ1) is 16.1. The van der Waals surface area contributed by atoms with Crippen LogP contribution in [0.1, 0.15) is 72.6 Å². The Morgan fingerprint density at radius 2 is 1.33 bits per heavy atom. The fourth-order valence-electron chi connectivity index (χ4n) is 3.21. The van der Waals surface area contributed by atoms with Crippen molar-refractivity contribution in [3.05, 3.63) is 66.1 Å². The van der Waals surface area contributed by atoms with Crippen LogP contribution in [-0.4, -0.2) is 25.1 Å². The fourth-order valence-corrected chi connectivity index (χ4v) is 3.21. The van der Waals surface area contributed by atoms with Crippen LogP contribution in [-0.2, 0) is 0 Å². The number of rotatable bonds is 2. The molecule has 0 bridgehead atoms. The molecule has 0 aliphatic carbocycles. The number of hydrogen-bond acceptors (Lipinski definition) is 2. The Balaban J connectivity index is 0. The van der Waals surface area contributed by atoms with E-state index < -0.39 is 0 Å². The highest BCUT2D eigenvalue weighted by Gasteiger charge is 2.09. The number of fused-ring (bicyclic) bond motifs is 1. The van der Waals surface area contributed by atoms with Gasteiger partial charge in [0.25, 0.3) is 0 Å². The molecular weight excluding hydrogens is 409 g/mol. The molecule has 4 rings (SSSR count). The lowest BCUT2D eigenvalue weighted by molar-refractivity contribution is 0.628. The van der Waals surface area contributed by atoms with Gasteiger partial charge >= 0.3 is 0 Å². The molecule has 186 valence electrons. The van der Waals surface area contributed by atoms with Gasteiger partial charge in [-0.05, 0) is 87.3 Å². The van der Waals surface area contributed by atoms with Crippen LogP contribution in [0.4, 0.5) is 4.39 Å². The van der Waals surface area contributed by atoms with Crippen molar-refractivity contribution in [2.45, 2.75) is 68.2 Å². The van der Waals surface area contributed by atoms with Crippen molar-refractivity contribution >= 4 is 16.5 Å². The van der Waals surface area contributed by atoms with Crippen molar-refractivity contribution in [3.63, 3.8) is 0 Å². The maximum atomic E-state index is 13.0. The van der Waals surface area contributed by atoms with E-state index in [4.69, 9.17) is 0 Å². The van der Waals surface area contributed by atoms with Gasteiger partial charge in [-0.15, -0.1) is 0 Å². The smallest absolute Gasteiger partial charge is 0.123 e. The third-order valence-corrected chi connectivity index (χ3v) is 4.62. The summed E-state index contributed by atoms with van der Waals surface area (Å²) >= 11 is 0. The molecule has 4 heteroatoms. The predicted molar refractivity (Wildman–Crippen MR) is 149 cm³/mol. The average molecular weight is 458 g/mol. The van der Waals surface area contributed by atoms with Gasteiger partial charge in [0.2, 0.25) is 0 Å². The molecule has 0 saturated carbocycles. The van der Waals surface area contributed by atoms with E-state index in [1.807, 2.05) is 48.5 Å². The van der Waals surface area contributed by atoms with Gasteiger partial charge in [-0.2, -0.15) is 0 Å². The van der Waals surface area contributed by atoms with Crippen molar-refractivity contribution in [2.24, 2.45) is 5.73 Å². The van der Waals surface area contributed by atoms with E-state index in [1.54, 1.807) is 12.1 Å². The molecule has 3 aromatic rings. The second-order valence-electron chi connectivity index (χ2n) is 6.63. The van der Waals surface area contributed by atoms with E-state index in [0.717, 1.165) is 27.9 Å². The Bertz CT molecular complexity index is 868. The molecule has 1 saturated heterocycles. The Hall–Kier alpha value is -2.43. The molecule has 0 unspecified atom stereocenters. The summed E-state index contributed by atoms with van der Waals surface area (Å²) in [5.41, 5.74) is 11.0. The maximum absolute atomic E-state index is 13.0. The molecule has 33 heavy (non-hydrogen) atoms. The first-order valence-corrected chi connectivity index (χ1v) is 12.4. The van der Waals surface area contributed by atoms with Crippen molar-refractivity contribution in [1.29, 1.82) is 0 Å². The van der Waals surface area contributed by atoms with Crippen LogP contribution in [0.3, 0.4) is 0 Å². The molecule has 0 radical (unpaired) electrons. The highest BCUT2D eigenvalue weighted by atomic mass is 19.1. The topological polar surface area (TPSA) is 53.8 Å². The average Bonchev–Trinajstić information content (AvgIpc) is 3.57. The van der Waals surface area contributed by atoms with Crippen LogP contribution in [0, 0.1) is 12.7 Å². The number of nitrogens with two attached hydrogens (primary N) is 1. The Kier molecular flexibility index (Phi) is 20.0. The van der Waals surface area contributed by atoms with Crippen LogP contribution in [0.2, 0.25) is 0 Å². The number of aromatic amines is 1. The lowest BCUT2D eigenvalue weighted by atomic mass is 10.0. The third kappa shape index (κ3) is 10.8. The van der Waals surface area contributed by atoms with Gasteiger partial charge in [0.05, 0.1) is 0 Å². The van der Waals surface area contributed by atoms with E-state index in [0.29, 0.717) is 0 Å². The molecule has 1 aliphatic heterocycles. The van der Waals surface area contributed by atoms with Crippen molar-refractivity contribution < 1.29 is 4.39 Å². The molecule has 4 N–H and O–H groups in total. The summed E-state index contributed by atoms with van der Waals surface area (Å²) < 4.78 is 13.0. The zero-order valence-electron chi connectivity index (χ0n) is 22.5. The van der Waals surface area contributed by atoms with Crippen LogP contribution >= 0.6 is 0 Å². The van der Waals surface area contributed by atoms with E-state index in [-0.39, 0.29) is 5.82 Å². The number of nitrogens with one attached hydrogen (secondary N) is 2. The summed E-state index contributed by atoms with van der Waals surface area (Å²) in [5, 5.41) is 4.42. The number of hydrogen-bond donors (Lipinski definition) is 3. The zero-order chi connectivity index (χ0) is 25.8. The first kappa shape index (κ1) is 32.7. The maximum Gasteiger partial charge on any atom is 0.123 e. The largest absolute Gasteiger partial charge is 0.355 e. The molecule has 1 fully saturated rings. The number of allylic oxidation sites excluding steroid dienone is 1. The van der Waals surface area contributed by atoms with Crippen molar-refractivity contribution in [3.8, 4) is 11.1 Å². The van der Waals surface area contributed by atoms with Gasteiger partial charge in [-0.25, -0.2) is 4.39 Å². The lowest BCUT2D eigenvalue weighted by Gasteiger charge is -2.02. The minimum absolute atomic E-state index is 0.213. The highest BCUT2D eigenvalue weighted by molar-refractivity contribution is 5.91. The van der Waals surface area contributed by atoms with Crippen molar-refractivity contribution in [1.82, 2.24) is 10.3 Å². The van der Waals surface area contributed by atoms with Gasteiger partial charge in [0.15, 0.2) is 0 Å². The quantitative estimate of drug-likeness (QED) is 0.362. The van der Waals surface area contributed by atoms with Crippen LogP contribution < -0.4 is 11.1 Å². The van der Waals surface area contributed by atoms with E-state index in [2.05, 4.69) is 47.7 Å². The van der Waals surface area contributed by atoms with Gasteiger partial charge in [0.1, 0.15) is 5.82 Å². The second-order valence-corrected chi connectivity index (χ2v) is 6.63. The minimum atomic E-state index is -0.213. The van der Waals surface area contributed by atoms with E-state index >= 15 is 0 Å². The van der Waals surface area contributed by atoms with Crippen LogP contribution in [0.25, 0.3) is 27.6 Å². The molecule has 0 spiro atoms. The Morgan fingerprint density at radius 3 is 1.76 bits per heavy atom. The number of H-pyrrole nitrogens is 1. The lowest BCUT2D eigenvalue weighted by Crippen LogP contribution is -2.03. The molecule has 0 atom stereocenters. The number of benzene rings is 2. The zero-order valence-corrected chi connectivity index (χ0v) is 22.5. The Labute approximate surface area is 202 Å². The summed E-state index contributed by atoms with van der Waals surface area (Å²) in [6.07, 6.45) is 2.78. The van der Waals surface area contributed by atoms with Crippen LogP contribution in [0.15, 0.2) is 49.0 Å². The normalized spacial score (nSPS) is 11.0. The molecule has 3 nitrogen and oxygen atoms in total. The monoisotopic (exact) mass is 457 g/mol. The Morgan fingerprint density at radius 1 is 0.848 bits per heavy atom. The number of aromatic nitrogens is 1. The predicted octanol–water partition coefficient (Wildman–Crippen LogP) is 8.34. The van der Waals surface area contributed by atoms with Gasteiger partial charge in [-0.1, -0.05) is 72.4 Å². The van der Waals surface area contributed by atoms with Crippen molar-refractivity contribution in [2.75, 3.05) is 20.1 Å². The van der Waals surface area contributed by atoms with Gasteiger partial charge in [-0.3, -0.25) is 0 Å². The van der Waals surface area contributed by atoms with E-state index in [1.165, 1.54) is 56.1 Å². The number of aryl methyl sites for hydroxylation is 1. The highest BCUT2D eigenvalue weighted by Crippen LogP contribution is 2.29. The molecule has 2 heterocycles. The summed E-state index contributed by atoms with van der Waals surface area (Å²) in [4.78, 5) is 3.41. The summed E-state index contributed by atoms with van der Waals surface area (Å²) in [7, 11) is 1.50. The van der Waals surface area contributed by atoms with Crippen LogP contribution in [0.5, 0.6) is 0 Å². The molecule has 1 aliphatic rings. The second kappa shape index (κ2) is 20.2. The summed E-state index contributed by atoms with van der Waals surface area (Å²) in [6.45, 7) is 22.6. The molecule has 2 aromatic carbocycles. The summed E-state index contributed by atoms with van der Waals surface area (Å²) in [5.74, 6) is -0.213. The molecule has 1 aromatic heterocycles. The van der Waals surface area contributed by atoms with E-state index in [9.17, 15) is 4.39 Å².